The van der Waals surface area contributed by atoms with E-state index >= 15 is 0 Å². The summed E-state index contributed by atoms with van der Waals surface area (Å²) in [7, 11) is 0. The molecule has 4 nitrogen and oxygen atoms in total. The van der Waals surface area contributed by atoms with Crippen LogP contribution in [0.4, 0.5) is 4.39 Å². The van der Waals surface area contributed by atoms with Gasteiger partial charge in [0.15, 0.2) is 0 Å². The molecule has 112 valence electrons. The first kappa shape index (κ1) is 21.6. The molecule has 0 aliphatic carbocycles. The zero-order chi connectivity index (χ0) is 14.0. The van der Waals surface area contributed by atoms with Gasteiger partial charge >= 0.3 is 68.9 Å². The van der Waals surface area contributed by atoms with Crippen molar-refractivity contribution in [3.05, 3.63) is 42.1 Å². The van der Waals surface area contributed by atoms with Crippen LogP contribution in [0.25, 0.3) is 0 Å². The number of halogens is 1. The number of hydrogen-bond donors (Lipinski definition) is 2. The van der Waals surface area contributed by atoms with Crippen LogP contribution in [0, 0.1) is 13.2 Å². The van der Waals surface area contributed by atoms with Crippen LogP contribution in [0.2, 0.25) is 0 Å². The summed E-state index contributed by atoms with van der Waals surface area (Å²) in [5.74, 6) is -1.04. The van der Waals surface area contributed by atoms with Crippen molar-refractivity contribution in [2.45, 2.75) is 39.3 Å². The topological polar surface area (TPSA) is 52.6 Å². The number of hydroxylamine groups is 1. The Labute approximate surface area is 184 Å². The van der Waals surface area contributed by atoms with Gasteiger partial charge in [0.2, 0.25) is 0 Å². The van der Waals surface area contributed by atoms with Crippen LogP contribution in [0.15, 0.2) is 12.1 Å². The molecule has 21 heavy (non-hydrogen) atoms. The molecule has 0 bridgehead atoms. The Hall–Kier alpha value is 0.592. The Morgan fingerprint density at radius 3 is 2.76 bits per heavy atom. The Morgan fingerprint density at radius 1 is 1.52 bits per heavy atom. The van der Waals surface area contributed by atoms with Crippen LogP contribution in [-0.4, -0.2) is 28.6 Å². The summed E-state index contributed by atoms with van der Waals surface area (Å²) in [5.41, 5.74) is 3.23. The maximum atomic E-state index is 14.0. The minimum Gasteiger partial charge on any atom is -0.358 e. The third-order valence-corrected chi connectivity index (χ3v) is 3.66. The number of carbonyl (C=O) groups excluding carboxylic acids is 1. The minimum absolute atomic E-state index is 0. The van der Waals surface area contributed by atoms with Gasteiger partial charge in [0.25, 0.3) is 5.91 Å². The third kappa shape index (κ3) is 5.04. The summed E-state index contributed by atoms with van der Waals surface area (Å²) in [6, 6.07) is 3.16. The molecule has 0 radical (unpaired) electrons. The molecule has 1 aliphatic heterocycles. The van der Waals surface area contributed by atoms with Gasteiger partial charge in [-0.1, -0.05) is 6.92 Å². The normalized spacial score (nSPS) is 17.2. The second kappa shape index (κ2) is 9.67. The number of carbonyl (C=O) groups is 1. The van der Waals surface area contributed by atoms with Crippen molar-refractivity contribution >= 4 is 5.91 Å². The monoisotopic (exact) mass is 414 g/mol. The summed E-state index contributed by atoms with van der Waals surface area (Å²) >= 11 is 0. The first-order chi connectivity index (χ1) is 9.06. The molecule has 1 aromatic rings. The molecule has 6 heteroatoms. The molecule has 0 aromatic heterocycles. The second-order valence-corrected chi connectivity index (χ2v) is 5.06. The van der Waals surface area contributed by atoms with Crippen LogP contribution in [-0.2, 0) is 13.0 Å². The molecule has 0 spiro atoms. The molecular formula is C15H22CsFN2O2. The van der Waals surface area contributed by atoms with Gasteiger partial charge in [-0.2, -0.15) is 0 Å². The van der Waals surface area contributed by atoms with Gasteiger partial charge in [0, 0.05) is 18.2 Å². The zero-order valence-corrected chi connectivity index (χ0v) is 19.5. The summed E-state index contributed by atoms with van der Waals surface area (Å²) in [6.45, 7) is 5.80. The van der Waals surface area contributed by atoms with E-state index in [-0.39, 0.29) is 87.7 Å². The van der Waals surface area contributed by atoms with Gasteiger partial charge in [-0.25, -0.2) is 9.87 Å². The Kier molecular flexibility index (Phi) is 9.94. The first-order valence-electron chi connectivity index (χ1n) is 6.56. The first-order valence-corrected chi connectivity index (χ1v) is 6.56. The van der Waals surface area contributed by atoms with Crippen molar-refractivity contribution < 1.29 is 83.3 Å². The van der Waals surface area contributed by atoms with E-state index in [2.05, 4.69) is 18.7 Å². The average Bonchev–Trinajstić information content (AvgIpc) is 2.39. The van der Waals surface area contributed by atoms with Crippen LogP contribution >= 0.6 is 0 Å². The maximum Gasteiger partial charge on any atom is 1.00 e. The molecule has 1 aromatic carbocycles. The molecule has 1 aliphatic rings. The van der Waals surface area contributed by atoms with Crippen molar-refractivity contribution in [2.24, 2.45) is 0 Å². The number of hydrogen-bond acceptors (Lipinski definition) is 3. The Morgan fingerprint density at radius 2 is 2.19 bits per heavy atom. The molecule has 2 rings (SSSR count). The van der Waals surface area contributed by atoms with Crippen LogP contribution in [0.3, 0.4) is 0 Å². The summed E-state index contributed by atoms with van der Waals surface area (Å²) in [5, 5.41) is 8.63. The fraction of sp³-hybridized carbons (Fsp3) is 0.467. The van der Waals surface area contributed by atoms with Gasteiger partial charge < -0.3 is 7.43 Å². The van der Waals surface area contributed by atoms with Gasteiger partial charge in [-0.05, 0) is 49.6 Å². The summed E-state index contributed by atoms with van der Waals surface area (Å²) < 4.78 is 14.0. The van der Waals surface area contributed by atoms with Gasteiger partial charge in [-0.15, -0.1) is 0 Å². The van der Waals surface area contributed by atoms with Crippen molar-refractivity contribution in [1.29, 1.82) is 0 Å². The summed E-state index contributed by atoms with van der Waals surface area (Å²) in [6.07, 6.45) is 1.70. The molecule has 1 heterocycles. The number of amides is 1. The van der Waals surface area contributed by atoms with E-state index < -0.39 is 5.91 Å². The molecule has 0 saturated heterocycles. The van der Waals surface area contributed by atoms with Crippen molar-refractivity contribution in [1.82, 2.24) is 10.4 Å². The number of rotatable bonds is 3. The molecule has 0 fully saturated rings. The van der Waals surface area contributed by atoms with Gasteiger partial charge in [0.1, 0.15) is 5.82 Å². The molecular weight excluding hydrogens is 392 g/mol. The molecule has 2 N–H and O–H groups in total. The largest absolute Gasteiger partial charge is 1.00 e. The standard InChI is InChI=1S/C14H19FN2O2.CH3.Cs/c1-3-4-17-8-11-6-10(14(18)16-19)7-13(15)12(11)5-9(17)2;;/h6-7,9,19H,3-5,8H2,1-2H3,(H,16,18);1H3;/q;-1;+1. The van der Waals surface area contributed by atoms with E-state index in [1.165, 1.54) is 6.07 Å². The van der Waals surface area contributed by atoms with Crippen molar-refractivity contribution in [3.63, 3.8) is 0 Å². The quantitative estimate of drug-likeness (QED) is 0.401. The minimum atomic E-state index is -0.678. The van der Waals surface area contributed by atoms with E-state index in [1.54, 1.807) is 11.5 Å². The van der Waals surface area contributed by atoms with Crippen LogP contribution in [0.1, 0.15) is 41.8 Å². The molecule has 1 atom stereocenters. The summed E-state index contributed by atoms with van der Waals surface area (Å²) in [4.78, 5) is 13.7. The van der Waals surface area contributed by atoms with E-state index in [4.69, 9.17) is 5.21 Å². The van der Waals surface area contributed by atoms with E-state index in [0.717, 1.165) is 18.5 Å². The van der Waals surface area contributed by atoms with Crippen LogP contribution < -0.4 is 74.4 Å². The molecule has 0 saturated carbocycles. The predicted octanol–water partition coefficient (Wildman–Crippen LogP) is -0.444. The van der Waals surface area contributed by atoms with Crippen molar-refractivity contribution in [2.75, 3.05) is 6.54 Å². The Bertz CT molecular complexity index is 497. The molecule has 1 unspecified atom stereocenters. The second-order valence-electron chi connectivity index (χ2n) is 5.06. The van der Waals surface area contributed by atoms with E-state index in [0.29, 0.717) is 24.6 Å². The van der Waals surface area contributed by atoms with Crippen molar-refractivity contribution in [3.8, 4) is 0 Å². The van der Waals surface area contributed by atoms with Crippen LogP contribution in [0.5, 0.6) is 0 Å². The fourth-order valence-corrected chi connectivity index (χ4v) is 2.64. The zero-order valence-electron chi connectivity index (χ0n) is 13.2. The fourth-order valence-electron chi connectivity index (χ4n) is 2.64. The average molecular weight is 414 g/mol. The van der Waals surface area contributed by atoms with Gasteiger partial charge in [-0.3, -0.25) is 14.9 Å². The van der Waals surface area contributed by atoms with Gasteiger partial charge in [0.05, 0.1) is 0 Å². The third-order valence-electron chi connectivity index (χ3n) is 3.66. The SMILES string of the molecule is CCCN1Cc2cc(C(=O)NO)cc(F)c2CC1C.[CH3-].[Cs+]. The smallest absolute Gasteiger partial charge is 0.358 e. The number of benzene rings is 1. The van der Waals surface area contributed by atoms with E-state index in [1.807, 2.05) is 0 Å². The Balaban J connectivity index is 0.00000200. The number of nitrogens with one attached hydrogen (secondary N) is 1. The number of nitrogens with zero attached hydrogens (tertiary/aromatic N) is 1. The molecule has 1 amide bonds. The maximum absolute atomic E-state index is 14.0. The van der Waals surface area contributed by atoms with E-state index in [9.17, 15) is 9.18 Å². The number of fused-ring (bicyclic) bond motifs is 1. The predicted molar refractivity (Wildman–Crippen MR) is 75.9 cm³/mol.